The van der Waals surface area contributed by atoms with Crippen molar-refractivity contribution in [3.8, 4) is 0 Å². The van der Waals surface area contributed by atoms with Gasteiger partial charge in [0.2, 0.25) is 0 Å². The van der Waals surface area contributed by atoms with Gasteiger partial charge in [0, 0.05) is 13.1 Å². The van der Waals surface area contributed by atoms with Crippen molar-refractivity contribution in [3.63, 3.8) is 0 Å². The first-order chi connectivity index (χ1) is 13.4. The SMILES string of the molecule is CCN(CC)CCN(C(=O)c1ccccc1F)c1nc2c(C)cc(C)cc2s1. The molecule has 0 aliphatic rings. The molecule has 0 atom stereocenters. The minimum atomic E-state index is -0.506. The molecule has 0 saturated carbocycles. The molecule has 0 unspecified atom stereocenters. The number of rotatable bonds is 7. The Labute approximate surface area is 169 Å². The van der Waals surface area contributed by atoms with Crippen LogP contribution in [0.25, 0.3) is 10.2 Å². The first-order valence-corrected chi connectivity index (χ1v) is 10.4. The largest absolute Gasteiger partial charge is 0.302 e. The molecule has 0 spiro atoms. The molecule has 0 aliphatic carbocycles. The quantitative estimate of drug-likeness (QED) is 0.558. The molecule has 6 heteroatoms. The number of nitrogens with zero attached hydrogens (tertiary/aromatic N) is 3. The molecular weight excluding hydrogens is 373 g/mol. The van der Waals surface area contributed by atoms with Crippen molar-refractivity contribution in [1.82, 2.24) is 9.88 Å². The minimum absolute atomic E-state index is 0.0780. The van der Waals surface area contributed by atoms with Gasteiger partial charge in [0.1, 0.15) is 5.82 Å². The lowest BCUT2D eigenvalue weighted by atomic mass is 10.1. The smallest absolute Gasteiger partial charge is 0.263 e. The summed E-state index contributed by atoms with van der Waals surface area (Å²) in [7, 11) is 0. The molecule has 4 nitrogen and oxygen atoms in total. The van der Waals surface area contributed by atoms with Crippen LogP contribution in [0.4, 0.5) is 9.52 Å². The van der Waals surface area contributed by atoms with E-state index in [1.54, 1.807) is 17.0 Å². The van der Waals surface area contributed by atoms with Crippen LogP contribution in [0.3, 0.4) is 0 Å². The molecule has 2 aromatic carbocycles. The third kappa shape index (κ3) is 4.23. The molecular formula is C22H26FN3OS. The third-order valence-electron chi connectivity index (χ3n) is 4.93. The Bertz CT molecular complexity index is 981. The van der Waals surface area contributed by atoms with Crippen molar-refractivity contribution in [2.45, 2.75) is 27.7 Å². The third-order valence-corrected chi connectivity index (χ3v) is 5.96. The fraction of sp³-hybridized carbons (Fsp3) is 0.364. The first-order valence-electron chi connectivity index (χ1n) is 9.61. The van der Waals surface area contributed by atoms with E-state index in [0.29, 0.717) is 18.2 Å². The molecule has 0 aliphatic heterocycles. The number of amides is 1. The second-order valence-electron chi connectivity index (χ2n) is 6.89. The van der Waals surface area contributed by atoms with Crippen molar-refractivity contribution in [2.24, 2.45) is 0 Å². The fourth-order valence-electron chi connectivity index (χ4n) is 3.32. The molecule has 0 fully saturated rings. The lowest BCUT2D eigenvalue weighted by molar-refractivity contribution is 0.0980. The maximum atomic E-state index is 14.3. The van der Waals surface area contributed by atoms with Crippen LogP contribution in [0, 0.1) is 19.7 Å². The van der Waals surface area contributed by atoms with E-state index in [-0.39, 0.29) is 11.5 Å². The summed E-state index contributed by atoms with van der Waals surface area (Å²) in [4.78, 5) is 21.8. The van der Waals surface area contributed by atoms with Gasteiger partial charge >= 0.3 is 0 Å². The number of carbonyl (C=O) groups excluding carboxylic acids is 1. The number of aryl methyl sites for hydroxylation is 2. The van der Waals surface area contributed by atoms with Crippen LogP contribution in [-0.4, -0.2) is 42.0 Å². The highest BCUT2D eigenvalue weighted by atomic mass is 32.1. The van der Waals surface area contributed by atoms with Crippen LogP contribution >= 0.6 is 11.3 Å². The fourth-order valence-corrected chi connectivity index (χ4v) is 4.49. The Morgan fingerprint density at radius 2 is 1.82 bits per heavy atom. The highest BCUT2D eigenvalue weighted by molar-refractivity contribution is 7.22. The second kappa shape index (κ2) is 8.80. The molecule has 1 amide bonds. The molecule has 1 heterocycles. The van der Waals surface area contributed by atoms with Gasteiger partial charge in [0.05, 0.1) is 15.8 Å². The van der Waals surface area contributed by atoms with Gasteiger partial charge in [0.15, 0.2) is 5.13 Å². The number of carbonyl (C=O) groups is 1. The number of aromatic nitrogens is 1. The summed E-state index contributed by atoms with van der Waals surface area (Å²) in [6.45, 7) is 11.2. The van der Waals surface area contributed by atoms with Crippen LogP contribution < -0.4 is 4.90 Å². The van der Waals surface area contributed by atoms with E-state index in [4.69, 9.17) is 4.98 Å². The second-order valence-corrected chi connectivity index (χ2v) is 7.90. The van der Waals surface area contributed by atoms with E-state index in [1.165, 1.54) is 23.5 Å². The van der Waals surface area contributed by atoms with Crippen molar-refractivity contribution < 1.29 is 9.18 Å². The number of halogens is 1. The van der Waals surface area contributed by atoms with Crippen molar-refractivity contribution >= 4 is 32.6 Å². The number of benzene rings is 2. The average Bonchev–Trinajstić information content (AvgIpc) is 3.09. The van der Waals surface area contributed by atoms with Gasteiger partial charge < -0.3 is 4.90 Å². The van der Waals surface area contributed by atoms with E-state index >= 15 is 0 Å². The van der Waals surface area contributed by atoms with Gasteiger partial charge in [-0.3, -0.25) is 9.69 Å². The van der Waals surface area contributed by atoms with Gasteiger partial charge in [-0.1, -0.05) is 43.4 Å². The Hall–Kier alpha value is -2.31. The summed E-state index contributed by atoms with van der Waals surface area (Å²) in [6.07, 6.45) is 0. The Morgan fingerprint density at radius 1 is 1.11 bits per heavy atom. The van der Waals surface area contributed by atoms with Gasteiger partial charge in [-0.15, -0.1) is 0 Å². The van der Waals surface area contributed by atoms with Crippen LogP contribution in [0.1, 0.15) is 35.3 Å². The summed E-state index contributed by atoms with van der Waals surface area (Å²) >= 11 is 1.48. The van der Waals surface area contributed by atoms with E-state index in [1.807, 2.05) is 6.92 Å². The summed E-state index contributed by atoms with van der Waals surface area (Å²) in [5, 5.41) is 0.615. The van der Waals surface area contributed by atoms with E-state index in [2.05, 4.69) is 37.8 Å². The Morgan fingerprint density at radius 3 is 2.50 bits per heavy atom. The number of likely N-dealkylation sites (N-methyl/N-ethyl adjacent to an activating group) is 1. The van der Waals surface area contributed by atoms with E-state index in [9.17, 15) is 9.18 Å². The topological polar surface area (TPSA) is 36.4 Å². The molecule has 0 N–H and O–H groups in total. The van der Waals surface area contributed by atoms with E-state index < -0.39 is 5.82 Å². The van der Waals surface area contributed by atoms with Crippen LogP contribution in [0.15, 0.2) is 36.4 Å². The normalized spacial score (nSPS) is 11.4. The maximum Gasteiger partial charge on any atom is 0.263 e. The highest BCUT2D eigenvalue weighted by Crippen LogP contribution is 2.32. The van der Waals surface area contributed by atoms with Crippen LogP contribution in [-0.2, 0) is 0 Å². The molecule has 148 valence electrons. The molecule has 3 aromatic rings. The zero-order valence-corrected chi connectivity index (χ0v) is 17.6. The summed E-state index contributed by atoms with van der Waals surface area (Å²) in [5.41, 5.74) is 3.23. The molecule has 0 bridgehead atoms. The zero-order valence-electron chi connectivity index (χ0n) is 16.8. The van der Waals surface area contributed by atoms with Crippen LogP contribution in [0.5, 0.6) is 0 Å². The van der Waals surface area contributed by atoms with Crippen molar-refractivity contribution in [1.29, 1.82) is 0 Å². The first kappa shape index (κ1) is 20.4. The molecule has 28 heavy (non-hydrogen) atoms. The predicted molar refractivity (Wildman–Crippen MR) is 115 cm³/mol. The van der Waals surface area contributed by atoms with E-state index in [0.717, 1.165) is 34.4 Å². The van der Waals surface area contributed by atoms with Crippen LogP contribution in [0.2, 0.25) is 0 Å². The molecule has 0 radical (unpaired) electrons. The predicted octanol–water partition coefficient (Wildman–Crippen LogP) is 5.04. The molecule has 3 rings (SSSR count). The Balaban J connectivity index is 2.02. The molecule has 0 saturated heterocycles. The highest BCUT2D eigenvalue weighted by Gasteiger charge is 2.24. The van der Waals surface area contributed by atoms with Crippen molar-refractivity contribution in [2.75, 3.05) is 31.1 Å². The number of hydrogen-bond donors (Lipinski definition) is 0. The van der Waals surface area contributed by atoms with Gasteiger partial charge in [-0.25, -0.2) is 9.37 Å². The lowest BCUT2D eigenvalue weighted by Crippen LogP contribution is -2.39. The monoisotopic (exact) mass is 399 g/mol. The minimum Gasteiger partial charge on any atom is -0.302 e. The Kier molecular flexibility index (Phi) is 6.42. The van der Waals surface area contributed by atoms with Gasteiger partial charge in [0.25, 0.3) is 5.91 Å². The molecule has 1 aromatic heterocycles. The number of fused-ring (bicyclic) bond motifs is 1. The summed E-state index contributed by atoms with van der Waals surface area (Å²) in [5.74, 6) is -0.854. The number of anilines is 1. The number of thiazole rings is 1. The van der Waals surface area contributed by atoms with Gasteiger partial charge in [-0.2, -0.15) is 0 Å². The number of hydrogen-bond acceptors (Lipinski definition) is 4. The summed E-state index contributed by atoms with van der Waals surface area (Å²) in [6, 6.07) is 10.3. The van der Waals surface area contributed by atoms with Crippen molar-refractivity contribution in [3.05, 3.63) is 58.9 Å². The zero-order chi connectivity index (χ0) is 20.3. The lowest BCUT2D eigenvalue weighted by Gasteiger charge is -2.24. The maximum absolute atomic E-state index is 14.3. The summed E-state index contributed by atoms with van der Waals surface area (Å²) < 4.78 is 15.3. The van der Waals surface area contributed by atoms with Gasteiger partial charge in [-0.05, 0) is 56.3 Å². The average molecular weight is 400 g/mol. The standard InChI is InChI=1S/C22H26FN3OS/c1-5-25(6-2)11-12-26(21(27)17-9-7-8-10-18(17)23)22-24-20-16(4)13-15(3)14-19(20)28-22/h7-10,13-14H,5-6,11-12H2,1-4H3.